The number of ether oxygens (including phenoxy) is 1. The van der Waals surface area contributed by atoms with Crippen LogP contribution in [0.4, 0.5) is 5.82 Å². The van der Waals surface area contributed by atoms with E-state index in [1.165, 1.54) is 0 Å². The summed E-state index contributed by atoms with van der Waals surface area (Å²) in [6, 6.07) is 7.63. The summed E-state index contributed by atoms with van der Waals surface area (Å²) in [5, 5.41) is 12.6. The standard InChI is InChI=1S/C16H21N3O2/c1-11(2)15(10-20)19-16-9-17-8-14(18-16)12-4-6-13(21-3)7-5-12/h4-9,11,15,20H,10H2,1-3H3,(H,18,19)/t15-/m1/s1. The molecule has 2 N–H and O–H groups in total. The van der Waals surface area contributed by atoms with Gasteiger partial charge >= 0.3 is 0 Å². The van der Waals surface area contributed by atoms with Crippen LogP contribution in [-0.2, 0) is 0 Å². The highest BCUT2D eigenvalue weighted by Crippen LogP contribution is 2.21. The fourth-order valence-electron chi connectivity index (χ4n) is 1.95. The third-order valence-corrected chi connectivity index (χ3v) is 3.36. The van der Waals surface area contributed by atoms with E-state index in [1.54, 1.807) is 19.5 Å². The average Bonchev–Trinajstić information content (AvgIpc) is 2.52. The fourth-order valence-corrected chi connectivity index (χ4v) is 1.95. The third-order valence-electron chi connectivity index (χ3n) is 3.36. The molecule has 0 amide bonds. The van der Waals surface area contributed by atoms with Gasteiger partial charge in [-0.15, -0.1) is 0 Å². The Morgan fingerprint density at radius 1 is 1.19 bits per heavy atom. The zero-order valence-corrected chi connectivity index (χ0v) is 12.6. The van der Waals surface area contributed by atoms with Crippen LogP contribution in [0.15, 0.2) is 36.7 Å². The summed E-state index contributed by atoms with van der Waals surface area (Å²) in [5.41, 5.74) is 1.75. The Labute approximate surface area is 125 Å². The van der Waals surface area contributed by atoms with Crippen molar-refractivity contribution in [1.82, 2.24) is 9.97 Å². The molecule has 2 rings (SSSR count). The maximum absolute atomic E-state index is 9.38. The number of aliphatic hydroxyl groups excluding tert-OH is 1. The summed E-state index contributed by atoms with van der Waals surface area (Å²) in [5.74, 6) is 1.78. The highest BCUT2D eigenvalue weighted by molar-refractivity contribution is 5.60. The molecule has 0 spiro atoms. The molecule has 1 heterocycles. The number of aliphatic hydroxyl groups is 1. The van der Waals surface area contributed by atoms with Gasteiger partial charge in [-0.25, -0.2) is 4.98 Å². The molecule has 1 aromatic heterocycles. The van der Waals surface area contributed by atoms with Crippen molar-refractivity contribution in [3.63, 3.8) is 0 Å². The van der Waals surface area contributed by atoms with E-state index in [1.807, 2.05) is 24.3 Å². The van der Waals surface area contributed by atoms with Gasteiger partial charge in [0.25, 0.3) is 0 Å². The van der Waals surface area contributed by atoms with Gasteiger partial charge in [-0.05, 0) is 30.2 Å². The fraction of sp³-hybridized carbons (Fsp3) is 0.375. The lowest BCUT2D eigenvalue weighted by Crippen LogP contribution is -2.29. The molecule has 2 aromatic rings. The Kier molecular flexibility index (Phi) is 5.11. The van der Waals surface area contributed by atoms with Gasteiger partial charge in [-0.1, -0.05) is 13.8 Å². The first-order chi connectivity index (χ1) is 10.1. The highest BCUT2D eigenvalue weighted by atomic mass is 16.5. The van der Waals surface area contributed by atoms with Crippen molar-refractivity contribution in [2.75, 3.05) is 19.0 Å². The van der Waals surface area contributed by atoms with Crippen LogP contribution in [0.3, 0.4) is 0 Å². The Morgan fingerprint density at radius 2 is 1.90 bits per heavy atom. The van der Waals surface area contributed by atoms with Crippen LogP contribution in [0.5, 0.6) is 5.75 Å². The van der Waals surface area contributed by atoms with Crippen molar-refractivity contribution in [3.05, 3.63) is 36.7 Å². The molecular formula is C16H21N3O2. The van der Waals surface area contributed by atoms with E-state index in [-0.39, 0.29) is 12.6 Å². The van der Waals surface area contributed by atoms with Crippen molar-refractivity contribution in [2.45, 2.75) is 19.9 Å². The minimum Gasteiger partial charge on any atom is -0.497 e. The number of methoxy groups -OCH3 is 1. The zero-order chi connectivity index (χ0) is 15.2. The molecule has 0 bridgehead atoms. The molecule has 1 atom stereocenters. The molecule has 0 aliphatic heterocycles. The first-order valence-corrected chi connectivity index (χ1v) is 6.98. The van der Waals surface area contributed by atoms with Crippen molar-refractivity contribution in [2.24, 2.45) is 5.92 Å². The lowest BCUT2D eigenvalue weighted by molar-refractivity contribution is 0.249. The van der Waals surface area contributed by atoms with Gasteiger partial charge in [-0.2, -0.15) is 0 Å². The number of nitrogens with one attached hydrogen (secondary N) is 1. The smallest absolute Gasteiger partial charge is 0.145 e. The summed E-state index contributed by atoms with van der Waals surface area (Å²) in [6.07, 6.45) is 3.38. The van der Waals surface area contributed by atoms with Gasteiger partial charge in [0.15, 0.2) is 0 Å². The Bertz CT molecular complexity index is 570. The molecule has 0 unspecified atom stereocenters. The van der Waals surface area contributed by atoms with Crippen molar-refractivity contribution in [1.29, 1.82) is 0 Å². The number of aromatic nitrogens is 2. The lowest BCUT2D eigenvalue weighted by atomic mass is 10.1. The van der Waals surface area contributed by atoms with E-state index >= 15 is 0 Å². The van der Waals surface area contributed by atoms with Crippen molar-refractivity contribution >= 4 is 5.82 Å². The largest absolute Gasteiger partial charge is 0.497 e. The van der Waals surface area contributed by atoms with Gasteiger partial charge in [0, 0.05) is 5.56 Å². The predicted molar refractivity (Wildman–Crippen MR) is 83.4 cm³/mol. The SMILES string of the molecule is COc1ccc(-c2cncc(N[C@H](CO)C(C)C)n2)cc1. The lowest BCUT2D eigenvalue weighted by Gasteiger charge is -2.20. The van der Waals surface area contributed by atoms with Crippen LogP contribution in [0.1, 0.15) is 13.8 Å². The molecule has 21 heavy (non-hydrogen) atoms. The quantitative estimate of drug-likeness (QED) is 0.854. The first-order valence-electron chi connectivity index (χ1n) is 6.98. The molecule has 5 heteroatoms. The number of benzene rings is 1. The van der Waals surface area contributed by atoms with Crippen LogP contribution in [0, 0.1) is 5.92 Å². The molecule has 0 aliphatic carbocycles. The number of anilines is 1. The van der Waals surface area contributed by atoms with E-state index in [9.17, 15) is 5.11 Å². The molecule has 112 valence electrons. The molecule has 0 radical (unpaired) electrons. The summed E-state index contributed by atoms with van der Waals surface area (Å²) >= 11 is 0. The summed E-state index contributed by atoms with van der Waals surface area (Å²) in [7, 11) is 1.64. The van der Waals surface area contributed by atoms with E-state index < -0.39 is 0 Å². The minimum atomic E-state index is -0.0367. The highest BCUT2D eigenvalue weighted by Gasteiger charge is 2.13. The second-order valence-corrected chi connectivity index (χ2v) is 5.20. The molecular weight excluding hydrogens is 266 g/mol. The van der Waals surface area contributed by atoms with E-state index in [0.29, 0.717) is 11.7 Å². The van der Waals surface area contributed by atoms with Gasteiger partial charge in [0.05, 0.1) is 37.8 Å². The number of hydrogen-bond acceptors (Lipinski definition) is 5. The maximum atomic E-state index is 9.38. The third kappa shape index (κ3) is 3.92. The van der Waals surface area contributed by atoms with Crippen LogP contribution in [0.25, 0.3) is 11.3 Å². The van der Waals surface area contributed by atoms with Crippen LogP contribution in [0.2, 0.25) is 0 Å². The number of nitrogens with zero attached hydrogens (tertiary/aromatic N) is 2. The summed E-state index contributed by atoms with van der Waals surface area (Å²) < 4.78 is 5.15. The maximum Gasteiger partial charge on any atom is 0.145 e. The second-order valence-electron chi connectivity index (χ2n) is 5.20. The van der Waals surface area contributed by atoms with Crippen LogP contribution < -0.4 is 10.1 Å². The summed E-state index contributed by atoms with van der Waals surface area (Å²) in [4.78, 5) is 8.76. The van der Waals surface area contributed by atoms with Crippen molar-refractivity contribution < 1.29 is 9.84 Å². The van der Waals surface area contributed by atoms with Crippen LogP contribution >= 0.6 is 0 Å². The number of hydrogen-bond donors (Lipinski definition) is 2. The zero-order valence-electron chi connectivity index (χ0n) is 12.6. The Balaban J connectivity index is 2.20. The van der Waals surface area contributed by atoms with Gasteiger partial charge in [-0.3, -0.25) is 4.98 Å². The van der Waals surface area contributed by atoms with E-state index in [2.05, 4.69) is 29.1 Å². The second kappa shape index (κ2) is 7.04. The van der Waals surface area contributed by atoms with Gasteiger partial charge < -0.3 is 15.2 Å². The van der Waals surface area contributed by atoms with Crippen LogP contribution in [-0.4, -0.2) is 34.8 Å². The molecule has 0 saturated heterocycles. The first kappa shape index (κ1) is 15.3. The molecule has 0 fully saturated rings. The van der Waals surface area contributed by atoms with Gasteiger partial charge in [0.2, 0.25) is 0 Å². The minimum absolute atomic E-state index is 0.0367. The average molecular weight is 287 g/mol. The Hall–Kier alpha value is -2.14. The molecule has 1 aromatic carbocycles. The molecule has 0 aliphatic rings. The topological polar surface area (TPSA) is 67.3 Å². The normalized spacial score (nSPS) is 12.2. The van der Waals surface area contributed by atoms with Gasteiger partial charge in [0.1, 0.15) is 11.6 Å². The Morgan fingerprint density at radius 3 is 2.48 bits per heavy atom. The number of rotatable bonds is 6. The summed E-state index contributed by atoms with van der Waals surface area (Å²) in [6.45, 7) is 4.16. The molecule has 5 nitrogen and oxygen atoms in total. The molecule has 0 saturated carbocycles. The van der Waals surface area contributed by atoms with E-state index in [4.69, 9.17) is 4.74 Å². The van der Waals surface area contributed by atoms with E-state index in [0.717, 1.165) is 17.0 Å². The monoisotopic (exact) mass is 287 g/mol. The van der Waals surface area contributed by atoms with Crippen molar-refractivity contribution in [3.8, 4) is 17.0 Å². The predicted octanol–water partition coefficient (Wildman–Crippen LogP) is 2.58.